The van der Waals surface area contributed by atoms with Crippen LogP contribution in [0.4, 0.5) is 4.79 Å². The Kier molecular flexibility index (Phi) is 5.68. The van der Waals surface area contributed by atoms with Gasteiger partial charge in [0.2, 0.25) is 5.91 Å². The summed E-state index contributed by atoms with van der Waals surface area (Å²) in [7, 11) is 0. The van der Waals surface area contributed by atoms with Gasteiger partial charge in [-0.15, -0.1) is 11.3 Å². The first kappa shape index (κ1) is 21.7. The van der Waals surface area contributed by atoms with Crippen LogP contribution < -0.4 is 10.6 Å². The highest BCUT2D eigenvalue weighted by Gasteiger charge is 2.54. The largest absolute Gasteiger partial charge is 0.344 e. The second-order valence-corrected chi connectivity index (χ2v) is 9.74. The van der Waals surface area contributed by atoms with Crippen LogP contribution in [0.2, 0.25) is 5.02 Å². The van der Waals surface area contributed by atoms with Gasteiger partial charge in [-0.05, 0) is 54.0 Å². The summed E-state index contributed by atoms with van der Waals surface area (Å²) in [4.78, 5) is 41.4. The zero-order chi connectivity index (χ0) is 23.0. The Hall–Kier alpha value is -3.16. The molecule has 2 atom stereocenters. The first-order chi connectivity index (χ1) is 16.0. The van der Waals surface area contributed by atoms with Crippen molar-refractivity contribution >= 4 is 40.8 Å². The summed E-state index contributed by atoms with van der Waals surface area (Å²) in [5.41, 5.74) is 1.54. The molecule has 33 heavy (non-hydrogen) atoms. The molecule has 0 bridgehead atoms. The van der Waals surface area contributed by atoms with E-state index in [4.69, 9.17) is 11.6 Å². The van der Waals surface area contributed by atoms with Crippen molar-refractivity contribution in [1.29, 1.82) is 0 Å². The number of hydrogen-bond acceptors (Lipinski definition) is 4. The standard InChI is InChI=1S/C25H22ClN3O3S/c26-18-10-8-17(9-11-18)22(16-5-2-1-3-6-16)27-21(30)15-29-23(31)25(28-24(29)32)13-4-7-20-19(25)12-14-33-20/h1-3,5-6,8-12,14,22H,4,7,13,15H2,(H,27,30)(H,28,32). The van der Waals surface area contributed by atoms with E-state index in [2.05, 4.69) is 10.6 Å². The van der Waals surface area contributed by atoms with E-state index in [1.54, 1.807) is 23.5 Å². The van der Waals surface area contributed by atoms with Crippen molar-refractivity contribution in [3.8, 4) is 0 Å². The maximum atomic E-state index is 13.4. The van der Waals surface area contributed by atoms with Gasteiger partial charge in [0.05, 0.1) is 6.04 Å². The lowest BCUT2D eigenvalue weighted by atomic mass is 9.80. The van der Waals surface area contributed by atoms with E-state index in [-0.39, 0.29) is 12.5 Å². The van der Waals surface area contributed by atoms with E-state index in [0.29, 0.717) is 11.4 Å². The van der Waals surface area contributed by atoms with Gasteiger partial charge in [0.25, 0.3) is 5.91 Å². The smallest absolute Gasteiger partial charge is 0.325 e. The second kappa shape index (κ2) is 8.65. The van der Waals surface area contributed by atoms with Crippen LogP contribution in [0.15, 0.2) is 66.0 Å². The van der Waals surface area contributed by atoms with Crippen LogP contribution in [0.25, 0.3) is 0 Å². The van der Waals surface area contributed by atoms with Gasteiger partial charge in [0.15, 0.2) is 0 Å². The molecule has 0 radical (unpaired) electrons. The molecule has 168 valence electrons. The molecule has 2 aliphatic rings. The summed E-state index contributed by atoms with van der Waals surface area (Å²) < 4.78 is 0. The third kappa shape index (κ3) is 3.92. The Labute approximate surface area is 200 Å². The lowest BCUT2D eigenvalue weighted by Crippen LogP contribution is -2.47. The lowest BCUT2D eigenvalue weighted by molar-refractivity contribution is -0.135. The van der Waals surface area contributed by atoms with E-state index in [0.717, 1.165) is 39.3 Å². The molecule has 5 rings (SSSR count). The topological polar surface area (TPSA) is 78.5 Å². The number of benzene rings is 2. The number of imide groups is 1. The van der Waals surface area contributed by atoms with Gasteiger partial charge in [-0.2, -0.15) is 0 Å². The maximum Gasteiger partial charge on any atom is 0.325 e. The summed E-state index contributed by atoms with van der Waals surface area (Å²) in [5.74, 6) is -0.773. The molecule has 1 spiro atoms. The third-order valence-corrected chi connectivity index (χ3v) is 7.51. The summed E-state index contributed by atoms with van der Waals surface area (Å²) in [6, 6.07) is 17.7. The highest BCUT2D eigenvalue weighted by Crippen LogP contribution is 2.42. The fourth-order valence-corrected chi connectivity index (χ4v) is 5.82. The molecule has 2 N–H and O–H groups in total. The number of rotatable bonds is 5. The third-order valence-electron chi connectivity index (χ3n) is 6.28. The maximum absolute atomic E-state index is 13.4. The van der Waals surface area contributed by atoms with Crippen molar-refractivity contribution in [3.63, 3.8) is 0 Å². The Morgan fingerprint density at radius 1 is 1.09 bits per heavy atom. The highest BCUT2D eigenvalue weighted by molar-refractivity contribution is 7.10. The molecule has 6 nitrogen and oxygen atoms in total. The first-order valence-electron chi connectivity index (χ1n) is 10.8. The van der Waals surface area contributed by atoms with Gasteiger partial charge in [0.1, 0.15) is 12.1 Å². The van der Waals surface area contributed by atoms with Crippen LogP contribution in [-0.2, 0) is 21.5 Å². The lowest BCUT2D eigenvalue weighted by Gasteiger charge is -2.31. The van der Waals surface area contributed by atoms with Crippen molar-refractivity contribution < 1.29 is 14.4 Å². The summed E-state index contributed by atoms with van der Waals surface area (Å²) >= 11 is 7.64. The average molecular weight is 480 g/mol. The van der Waals surface area contributed by atoms with Gasteiger partial charge in [0, 0.05) is 15.5 Å². The molecule has 2 heterocycles. The Morgan fingerprint density at radius 3 is 2.58 bits per heavy atom. The Bertz CT molecular complexity index is 1210. The number of nitrogens with one attached hydrogen (secondary N) is 2. The van der Waals surface area contributed by atoms with Crippen LogP contribution in [0.1, 0.15) is 40.5 Å². The van der Waals surface area contributed by atoms with Crippen molar-refractivity contribution in [2.24, 2.45) is 0 Å². The Balaban J connectivity index is 1.37. The number of urea groups is 1. The van der Waals surface area contributed by atoms with E-state index >= 15 is 0 Å². The number of thiophene rings is 1. The number of fused-ring (bicyclic) bond motifs is 2. The second-order valence-electron chi connectivity index (χ2n) is 8.30. The summed E-state index contributed by atoms with van der Waals surface area (Å²) in [6.45, 7) is -0.344. The first-order valence-corrected chi connectivity index (χ1v) is 12.0. The van der Waals surface area contributed by atoms with Crippen molar-refractivity contribution in [1.82, 2.24) is 15.5 Å². The molecular weight excluding hydrogens is 458 g/mol. The van der Waals surface area contributed by atoms with Gasteiger partial charge >= 0.3 is 6.03 Å². The van der Waals surface area contributed by atoms with E-state index in [9.17, 15) is 14.4 Å². The molecule has 1 fully saturated rings. The molecule has 0 saturated carbocycles. The van der Waals surface area contributed by atoms with Crippen LogP contribution in [0, 0.1) is 0 Å². The number of amides is 4. The van der Waals surface area contributed by atoms with E-state index in [1.165, 1.54) is 0 Å². The normalized spacial score (nSPS) is 20.5. The molecular formula is C25H22ClN3O3S. The molecule has 1 aromatic heterocycles. The minimum absolute atomic E-state index is 0.344. The number of halogens is 1. The molecule has 3 aromatic rings. The van der Waals surface area contributed by atoms with Crippen molar-refractivity contribution in [3.05, 3.63) is 92.6 Å². The molecule has 1 saturated heterocycles. The predicted molar refractivity (Wildman–Crippen MR) is 127 cm³/mol. The number of aryl methyl sites for hydroxylation is 1. The quantitative estimate of drug-likeness (QED) is 0.533. The number of carbonyl (C=O) groups is 3. The SMILES string of the molecule is O=C(CN1C(=O)NC2(CCCc3sccc32)C1=O)NC(c1ccccc1)c1ccc(Cl)cc1. The van der Waals surface area contributed by atoms with Crippen molar-refractivity contribution in [2.45, 2.75) is 30.8 Å². The zero-order valence-corrected chi connectivity index (χ0v) is 19.3. The average Bonchev–Trinajstić information content (AvgIpc) is 3.39. The van der Waals surface area contributed by atoms with Crippen LogP contribution >= 0.6 is 22.9 Å². The van der Waals surface area contributed by atoms with Crippen LogP contribution in [0.5, 0.6) is 0 Å². The minimum atomic E-state index is -1.06. The van der Waals surface area contributed by atoms with Crippen LogP contribution in [0.3, 0.4) is 0 Å². The van der Waals surface area contributed by atoms with Gasteiger partial charge in [-0.1, -0.05) is 54.1 Å². The molecule has 8 heteroatoms. The van der Waals surface area contributed by atoms with Gasteiger partial charge in [-0.3, -0.25) is 14.5 Å². The fourth-order valence-electron chi connectivity index (χ4n) is 4.70. The van der Waals surface area contributed by atoms with E-state index in [1.807, 2.05) is 53.9 Å². The Morgan fingerprint density at radius 2 is 1.82 bits per heavy atom. The summed E-state index contributed by atoms with van der Waals surface area (Å²) in [6.07, 6.45) is 2.25. The monoisotopic (exact) mass is 479 g/mol. The number of hydrogen-bond donors (Lipinski definition) is 2. The molecule has 4 amide bonds. The van der Waals surface area contributed by atoms with Gasteiger partial charge < -0.3 is 10.6 Å². The number of nitrogens with zero attached hydrogens (tertiary/aromatic N) is 1. The fraction of sp³-hybridized carbons (Fsp3) is 0.240. The minimum Gasteiger partial charge on any atom is -0.344 e. The molecule has 2 aromatic carbocycles. The molecule has 1 aliphatic heterocycles. The highest BCUT2D eigenvalue weighted by atomic mass is 35.5. The molecule has 2 unspecified atom stereocenters. The van der Waals surface area contributed by atoms with E-state index < -0.39 is 23.5 Å². The predicted octanol–water partition coefficient (Wildman–Crippen LogP) is 4.39. The van der Waals surface area contributed by atoms with Crippen molar-refractivity contribution in [2.75, 3.05) is 6.54 Å². The number of carbonyl (C=O) groups excluding carboxylic acids is 3. The molecule has 1 aliphatic carbocycles. The summed E-state index contributed by atoms with van der Waals surface area (Å²) in [5, 5.41) is 8.42. The van der Waals surface area contributed by atoms with Gasteiger partial charge in [-0.25, -0.2) is 4.79 Å². The zero-order valence-electron chi connectivity index (χ0n) is 17.7. The van der Waals surface area contributed by atoms with Crippen LogP contribution in [-0.4, -0.2) is 29.3 Å².